The quantitative estimate of drug-likeness (QED) is 0.197. The Kier molecular flexibility index (Phi) is 6.18. The highest BCUT2D eigenvalue weighted by Gasteiger charge is 2.26. The van der Waals surface area contributed by atoms with Gasteiger partial charge in [-0.1, -0.05) is 127 Å². The summed E-state index contributed by atoms with van der Waals surface area (Å²) in [6.45, 7) is 0. The third kappa shape index (κ3) is 4.51. The van der Waals surface area contributed by atoms with Crippen LogP contribution in [0.5, 0.6) is 0 Å². The molecular formula is C44H28N4O. The molecule has 0 fully saturated rings. The van der Waals surface area contributed by atoms with Crippen LogP contribution < -0.4 is 5.32 Å². The molecule has 1 aliphatic rings. The standard InChI is InChI=1S/C44H28N4O/c1-3-13-27(14-4-1)32-23-24-35(39-40-38(49-41(32)39)26-30-18-8-12-22-37(30)45-40)43-46-42(28-15-5-2-6-16-28)47-44(48-43)36-25-29-17-7-9-19-31(29)33-20-10-11-21-34(33)36/h1-26,42H,(H,46,47,48). The number of hydrogen-bond acceptors (Lipinski definition) is 5. The first-order valence-corrected chi connectivity index (χ1v) is 16.5. The van der Waals surface area contributed by atoms with Gasteiger partial charge in [0.05, 0.1) is 10.9 Å². The van der Waals surface area contributed by atoms with Gasteiger partial charge in [-0.05, 0) is 63.0 Å². The summed E-state index contributed by atoms with van der Waals surface area (Å²) < 4.78 is 6.72. The lowest BCUT2D eigenvalue weighted by atomic mass is 9.96. The van der Waals surface area contributed by atoms with Crippen LogP contribution in [0.2, 0.25) is 0 Å². The van der Waals surface area contributed by atoms with E-state index in [1.54, 1.807) is 0 Å². The van der Waals surface area contributed by atoms with Gasteiger partial charge in [-0.3, -0.25) is 0 Å². The molecule has 3 heterocycles. The van der Waals surface area contributed by atoms with E-state index in [9.17, 15) is 0 Å². The van der Waals surface area contributed by atoms with Crippen LogP contribution in [0.25, 0.3) is 65.6 Å². The van der Waals surface area contributed by atoms with Gasteiger partial charge in [-0.2, -0.15) is 0 Å². The summed E-state index contributed by atoms with van der Waals surface area (Å²) >= 11 is 0. The van der Waals surface area contributed by atoms with Gasteiger partial charge in [-0.25, -0.2) is 15.0 Å². The number of benzene rings is 7. The van der Waals surface area contributed by atoms with E-state index < -0.39 is 0 Å². The monoisotopic (exact) mass is 628 g/mol. The molecule has 1 atom stereocenters. The number of nitrogens with one attached hydrogen (secondary N) is 1. The summed E-state index contributed by atoms with van der Waals surface area (Å²) in [5.74, 6) is 1.40. The molecule has 0 saturated carbocycles. The molecule has 49 heavy (non-hydrogen) atoms. The van der Waals surface area contributed by atoms with Gasteiger partial charge in [0.15, 0.2) is 11.4 Å². The Balaban J connectivity index is 1.27. The van der Waals surface area contributed by atoms with Crippen molar-refractivity contribution < 1.29 is 4.42 Å². The number of aliphatic imine (C=N–C) groups is 2. The van der Waals surface area contributed by atoms with E-state index in [-0.39, 0.29) is 6.17 Å². The first-order valence-electron chi connectivity index (χ1n) is 16.5. The van der Waals surface area contributed by atoms with Crippen molar-refractivity contribution in [2.45, 2.75) is 6.17 Å². The van der Waals surface area contributed by atoms with Gasteiger partial charge >= 0.3 is 0 Å². The highest BCUT2D eigenvalue weighted by molar-refractivity contribution is 6.26. The molecule has 0 amide bonds. The third-order valence-electron chi connectivity index (χ3n) is 9.50. The van der Waals surface area contributed by atoms with E-state index in [1.165, 1.54) is 10.8 Å². The average Bonchev–Trinajstić information content (AvgIpc) is 3.55. The molecule has 7 aromatic carbocycles. The van der Waals surface area contributed by atoms with Crippen molar-refractivity contribution in [3.63, 3.8) is 0 Å². The smallest absolute Gasteiger partial charge is 0.160 e. The number of pyridine rings is 1. The van der Waals surface area contributed by atoms with E-state index in [1.807, 2.05) is 30.3 Å². The Hall–Kier alpha value is -6.59. The zero-order valence-electron chi connectivity index (χ0n) is 26.3. The van der Waals surface area contributed by atoms with Crippen molar-refractivity contribution in [3.8, 4) is 11.1 Å². The van der Waals surface area contributed by atoms with Gasteiger partial charge in [0, 0.05) is 22.1 Å². The minimum Gasteiger partial charge on any atom is -0.454 e. The van der Waals surface area contributed by atoms with Gasteiger partial charge in [0.1, 0.15) is 23.1 Å². The number of amidine groups is 2. The Morgan fingerprint density at radius 1 is 0.551 bits per heavy atom. The maximum Gasteiger partial charge on any atom is 0.160 e. The highest BCUT2D eigenvalue weighted by Crippen LogP contribution is 2.40. The molecule has 1 N–H and O–H groups in total. The largest absolute Gasteiger partial charge is 0.454 e. The maximum atomic E-state index is 6.72. The number of fused-ring (bicyclic) bond motifs is 7. The van der Waals surface area contributed by atoms with E-state index in [2.05, 4.69) is 133 Å². The zero-order valence-corrected chi connectivity index (χ0v) is 26.3. The van der Waals surface area contributed by atoms with Crippen molar-refractivity contribution in [2.75, 3.05) is 0 Å². The average molecular weight is 629 g/mol. The lowest BCUT2D eigenvalue weighted by Gasteiger charge is -2.25. The molecule has 10 rings (SSSR count). The number of rotatable bonds is 4. The number of para-hydroxylation sites is 1. The number of nitrogens with zero attached hydrogens (tertiary/aromatic N) is 3. The third-order valence-corrected chi connectivity index (χ3v) is 9.50. The Labute approximate surface area is 281 Å². The Bertz CT molecular complexity index is 2800. The lowest BCUT2D eigenvalue weighted by Crippen LogP contribution is -2.33. The van der Waals surface area contributed by atoms with E-state index >= 15 is 0 Å². The van der Waals surface area contributed by atoms with Crippen LogP contribution >= 0.6 is 0 Å². The summed E-state index contributed by atoms with van der Waals surface area (Å²) in [6.07, 6.45) is -0.357. The molecule has 5 heteroatoms. The predicted molar refractivity (Wildman–Crippen MR) is 201 cm³/mol. The van der Waals surface area contributed by atoms with Crippen LogP contribution in [-0.2, 0) is 0 Å². The van der Waals surface area contributed by atoms with Crippen LogP contribution in [0, 0.1) is 0 Å². The van der Waals surface area contributed by atoms with Crippen molar-refractivity contribution in [2.24, 2.45) is 9.98 Å². The number of furan rings is 1. The maximum absolute atomic E-state index is 6.72. The first-order chi connectivity index (χ1) is 24.3. The Morgan fingerprint density at radius 3 is 2.06 bits per heavy atom. The topological polar surface area (TPSA) is 62.8 Å². The van der Waals surface area contributed by atoms with Crippen LogP contribution in [-0.4, -0.2) is 16.7 Å². The molecule has 0 spiro atoms. The van der Waals surface area contributed by atoms with E-state index in [0.717, 1.165) is 77.4 Å². The summed E-state index contributed by atoms with van der Waals surface area (Å²) in [7, 11) is 0. The minimum atomic E-state index is -0.357. The molecule has 0 radical (unpaired) electrons. The fraction of sp³-hybridized carbons (Fsp3) is 0.0227. The van der Waals surface area contributed by atoms with Crippen LogP contribution in [0.4, 0.5) is 0 Å². The summed E-state index contributed by atoms with van der Waals surface area (Å²) in [5.41, 5.74) is 8.24. The number of hydrogen-bond donors (Lipinski definition) is 1. The molecule has 2 aromatic heterocycles. The molecule has 0 aliphatic carbocycles. The number of aromatic nitrogens is 1. The van der Waals surface area contributed by atoms with E-state index in [4.69, 9.17) is 19.4 Å². The second kappa shape index (κ2) is 11.0. The first kappa shape index (κ1) is 27.5. The fourth-order valence-corrected chi connectivity index (χ4v) is 7.18. The van der Waals surface area contributed by atoms with Crippen molar-refractivity contribution in [1.82, 2.24) is 10.3 Å². The SMILES string of the molecule is c1ccc(-c2ccc(C3=NC(c4ccccc4)NC(c4cc5ccccc5c5ccccc45)=N3)c3c2oc2cc4ccccc4nc23)cc1. The molecule has 230 valence electrons. The molecule has 1 aliphatic heterocycles. The van der Waals surface area contributed by atoms with Crippen LogP contribution in [0.3, 0.4) is 0 Å². The molecular weight excluding hydrogens is 601 g/mol. The fourth-order valence-electron chi connectivity index (χ4n) is 7.18. The van der Waals surface area contributed by atoms with Gasteiger partial charge in [0.2, 0.25) is 0 Å². The molecule has 1 unspecified atom stereocenters. The zero-order chi connectivity index (χ0) is 32.3. The van der Waals surface area contributed by atoms with Gasteiger partial charge < -0.3 is 9.73 Å². The summed E-state index contributed by atoms with van der Waals surface area (Å²) in [4.78, 5) is 15.8. The second-order valence-corrected chi connectivity index (χ2v) is 12.4. The van der Waals surface area contributed by atoms with Crippen LogP contribution in [0.15, 0.2) is 172 Å². The Morgan fingerprint density at radius 2 is 1.22 bits per heavy atom. The summed E-state index contributed by atoms with van der Waals surface area (Å²) in [5, 5.41) is 10.3. The van der Waals surface area contributed by atoms with Crippen molar-refractivity contribution in [1.29, 1.82) is 0 Å². The van der Waals surface area contributed by atoms with Crippen molar-refractivity contribution >= 4 is 66.2 Å². The minimum absolute atomic E-state index is 0.357. The van der Waals surface area contributed by atoms with Gasteiger partial charge in [0.25, 0.3) is 0 Å². The predicted octanol–water partition coefficient (Wildman–Crippen LogP) is 10.6. The van der Waals surface area contributed by atoms with Crippen molar-refractivity contribution in [3.05, 3.63) is 174 Å². The molecule has 0 bridgehead atoms. The lowest BCUT2D eigenvalue weighted by molar-refractivity contribution is 0.669. The molecule has 5 nitrogen and oxygen atoms in total. The molecule has 0 saturated heterocycles. The highest BCUT2D eigenvalue weighted by atomic mass is 16.3. The van der Waals surface area contributed by atoms with Crippen LogP contribution in [0.1, 0.15) is 22.9 Å². The summed E-state index contributed by atoms with van der Waals surface area (Å²) in [6, 6.07) is 54.5. The van der Waals surface area contributed by atoms with Gasteiger partial charge in [-0.15, -0.1) is 0 Å². The second-order valence-electron chi connectivity index (χ2n) is 12.4. The normalized spacial score (nSPS) is 14.7. The molecule has 9 aromatic rings. The van der Waals surface area contributed by atoms with E-state index in [0.29, 0.717) is 5.84 Å².